The molecule has 6 heteroatoms. The fourth-order valence-electron chi connectivity index (χ4n) is 4.61. The summed E-state index contributed by atoms with van der Waals surface area (Å²) in [5.74, 6) is 0.410. The lowest BCUT2D eigenvalue weighted by Crippen LogP contribution is -2.38. The van der Waals surface area contributed by atoms with Gasteiger partial charge in [0.15, 0.2) is 5.78 Å². The Labute approximate surface area is 208 Å². The van der Waals surface area contributed by atoms with E-state index in [2.05, 4.69) is 22.8 Å². The summed E-state index contributed by atoms with van der Waals surface area (Å²) in [6.07, 6.45) is 3.02. The lowest BCUT2D eigenvalue weighted by Gasteiger charge is -2.29. The number of hydrogen-bond donors (Lipinski definition) is 2. The normalized spacial score (nSPS) is 18.9. The van der Waals surface area contributed by atoms with Crippen LogP contribution in [0.2, 0.25) is 0 Å². The maximum atomic E-state index is 13.0. The molecule has 1 atom stereocenters. The number of nitrogens with one attached hydrogen (secondary N) is 2. The van der Waals surface area contributed by atoms with E-state index < -0.39 is 11.7 Å². The lowest BCUT2D eigenvalue weighted by molar-refractivity contribution is -0.126. The van der Waals surface area contributed by atoms with Crippen LogP contribution in [0.25, 0.3) is 0 Å². The molecule has 0 spiro atoms. The Morgan fingerprint density at radius 3 is 2.20 bits per heavy atom. The van der Waals surface area contributed by atoms with E-state index in [-0.39, 0.29) is 23.5 Å². The molecule has 1 saturated carbocycles. The number of carbonyl (C=O) groups is 3. The fourth-order valence-corrected chi connectivity index (χ4v) is 4.61. The smallest absolute Gasteiger partial charge is 0.407 e. The van der Waals surface area contributed by atoms with Gasteiger partial charge in [0.1, 0.15) is 5.60 Å². The number of ketones is 1. The molecule has 2 aromatic carbocycles. The third-order valence-electron chi connectivity index (χ3n) is 6.53. The van der Waals surface area contributed by atoms with Crippen molar-refractivity contribution >= 4 is 17.8 Å². The number of rotatable bonds is 8. The van der Waals surface area contributed by atoms with Gasteiger partial charge in [-0.3, -0.25) is 9.59 Å². The summed E-state index contributed by atoms with van der Waals surface area (Å²) in [6, 6.07) is 17.7. The number of carbonyl (C=O) groups excluding carboxylic acids is 3. The summed E-state index contributed by atoms with van der Waals surface area (Å²) in [5.41, 5.74) is 2.28. The SMILES string of the molecule is CC(=O)c1cccc(C(CNC(=O)C2CCC(CNC(=O)OC(C)(C)C)CC2)c2ccccc2)c1. The largest absolute Gasteiger partial charge is 0.444 e. The highest BCUT2D eigenvalue weighted by Gasteiger charge is 2.28. The van der Waals surface area contributed by atoms with Gasteiger partial charge in [-0.15, -0.1) is 0 Å². The standard InChI is InChI=1S/C29H38N2O4/c1-20(32)24-11-8-12-25(17-24)26(22-9-6-5-7-10-22)19-30-27(33)23-15-13-21(14-16-23)18-31-28(34)35-29(2,3)4/h5-12,17,21,23,26H,13-16,18-19H2,1-4H3,(H,30,33)(H,31,34). The van der Waals surface area contributed by atoms with Crippen molar-refractivity contribution in [3.63, 3.8) is 0 Å². The second kappa shape index (κ2) is 12.0. The molecule has 2 amide bonds. The molecule has 0 saturated heterocycles. The number of hydrogen-bond acceptors (Lipinski definition) is 4. The zero-order valence-corrected chi connectivity index (χ0v) is 21.3. The van der Waals surface area contributed by atoms with Crippen LogP contribution in [0.1, 0.15) is 80.8 Å². The highest BCUT2D eigenvalue weighted by molar-refractivity contribution is 5.94. The molecule has 35 heavy (non-hydrogen) atoms. The zero-order valence-electron chi connectivity index (χ0n) is 21.3. The van der Waals surface area contributed by atoms with Crippen LogP contribution in [0.5, 0.6) is 0 Å². The van der Waals surface area contributed by atoms with E-state index in [0.29, 0.717) is 24.6 Å². The fraction of sp³-hybridized carbons (Fsp3) is 0.483. The highest BCUT2D eigenvalue weighted by Crippen LogP contribution is 2.30. The van der Waals surface area contributed by atoms with Crippen LogP contribution in [-0.4, -0.2) is 36.5 Å². The third-order valence-corrected chi connectivity index (χ3v) is 6.53. The molecule has 1 unspecified atom stereocenters. The number of benzene rings is 2. The average molecular weight is 479 g/mol. The minimum Gasteiger partial charge on any atom is -0.444 e. The highest BCUT2D eigenvalue weighted by atomic mass is 16.6. The molecule has 0 radical (unpaired) electrons. The van der Waals surface area contributed by atoms with E-state index in [1.54, 1.807) is 6.92 Å². The van der Waals surface area contributed by atoms with Gasteiger partial charge in [-0.1, -0.05) is 48.5 Å². The van der Waals surface area contributed by atoms with Crippen molar-refractivity contribution in [2.45, 2.75) is 64.9 Å². The van der Waals surface area contributed by atoms with Crippen LogP contribution in [-0.2, 0) is 9.53 Å². The zero-order chi connectivity index (χ0) is 25.4. The van der Waals surface area contributed by atoms with Gasteiger partial charge in [-0.25, -0.2) is 4.79 Å². The third kappa shape index (κ3) is 8.23. The number of amides is 2. The van der Waals surface area contributed by atoms with Crippen molar-refractivity contribution in [3.8, 4) is 0 Å². The van der Waals surface area contributed by atoms with Crippen LogP contribution in [0.3, 0.4) is 0 Å². The summed E-state index contributed by atoms with van der Waals surface area (Å²) in [6.45, 7) is 8.16. The van der Waals surface area contributed by atoms with Crippen LogP contribution in [0, 0.1) is 11.8 Å². The second-order valence-corrected chi connectivity index (χ2v) is 10.5. The molecule has 6 nitrogen and oxygen atoms in total. The van der Waals surface area contributed by atoms with E-state index in [0.717, 1.165) is 36.8 Å². The summed E-state index contributed by atoms with van der Waals surface area (Å²) < 4.78 is 5.30. The Hall–Kier alpha value is -3.15. The van der Waals surface area contributed by atoms with Gasteiger partial charge in [0.2, 0.25) is 5.91 Å². The molecule has 0 heterocycles. The lowest BCUT2D eigenvalue weighted by atomic mass is 9.81. The van der Waals surface area contributed by atoms with Gasteiger partial charge in [0, 0.05) is 30.5 Å². The molecule has 1 aliphatic carbocycles. The molecule has 188 valence electrons. The summed E-state index contributed by atoms with van der Waals surface area (Å²) in [5, 5.41) is 6.03. The van der Waals surface area contributed by atoms with Gasteiger partial charge in [-0.2, -0.15) is 0 Å². The van der Waals surface area contributed by atoms with Crippen molar-refractivity contribution in [2.75, 3.05) is 13.1 Å². The topological polar surface area (TPSA) is 84.5 Å². The van der Waals surface area contributed by atoms with Crippen molar-refractivity contribution in [2.24, 2.45) is 11.8 Å². The molecule has 0 aromatic heterocycles. The molecule has 2 aromatic rings. The summed E-state index contributed by atoms with van der Waals surface area (Å²) in [4.78, 5) is 36.8. The Morgan fingerprint density at radius 1 is 0.914 bits per heavy atom. The van der Waals surface area contributed by atoms with Gasteiger partial charge < -0.3 is 15.4 Å². The first-order chi connectivity index (χ1) is 16.6. The van der Waals surface area contributed by atoms with Crippen LogP contribution in [0.15, 0.2) is 54.6 Å². The predicted molar refractivity (Wildman–Crippen MR) is 137 cm³/mol. The van der Waals surface area contributed by atoms with Crippen molar-refractivity contribution in [3.05, 3.63) is 71.3 Å². The average Bonchev–Trinajstić information content (AvgIpc) is 2.83. The predicted octanol–water partition coefficient (Wildman–Crippen LogP) is 5.47. The van der Waals surface area contributed by atoms with Gasteiger partial charge in [0.25, 0.3) is 0 Å². The van der Waals surface area contributed by atoms with Crippen LogP contribution in [0.4, 0.5) is 4.79 Å². The molecular weight excluding hydrogens is 440 g/mol. The van der Waals surface area contributed by atoms with Crippen LogP contribution < -0.4 is 10.6 Å². The summed E-state index contributed by atoms with van der Waals surface area (Å²) in [7, 11) is 0. The maximum Gasteiger partial charge on any atom is 0.407 e. The first-order valence-electron chi connectivity index (χ1n) is 12.5. The van der Waals surface area contributed by atoms with Gasteiger partial charge in [-0.05, 0) is 76.5 Å². The van der Waals surface area contributed by atoms with E-state index in [1.807, 2.05) is 63.2 Å². The molecule has 2 N–H and O–H groups in total. The second-order valence-electron chi connectivity index (χ2n) is 10.5. The molecule has 0 bridgehead atoms. The molecule has 3 rings (SSSR count). The van der Waals surface area contributed by atoms with Crippen LogP contribution >= 0.6 is 0 Å². The Balaban J connectivity index is 1.54. The number of alkyl carbamates (subject to hydrolysis) is 1. The first-order valence-corrected chi connectivity index (χ1v) is 12.5. The quantitative estimate of drug-likeness (QED) is 0.493. The monoisotopic (exact) mass is 478 g/mol. The Morgan fingerprint density at radius 2 is 1.57 bits per heavy atom. The van der Waals surface area contributed by atoms with E-state index in [4.69, 9.17) is 4.74 Å². The molecule has 1 aliphatic rings. The van der Waals surface area contributed by atoms with Gasteiger partial charge in [0.05, 0.1) is 0 Å². The Kier molecular flexibility index (Phi) is 9.07. The first kappa shape index (κ1) is 26.5. The van der Waals surface area contributed by atoms with Crippen molar-refractivity contribution < 1.29 is 19.1 Å². The molecule has 1 fully saturated rings. The van der Waals surface area contributed by atoms with Crippen molar-refractivity contribution in [1.29, 1.82) is 0 Å². The molecular formula is C29H38N2O4. The number of Topliss-reactive ketones (excluding diaryl/α,β-unsaturated/α-hetero) is 1. The van der Waals surface area contributed by atoms with E-state index >= 15 is 0 Å². The minimum absolute atomic E-state index is 0.0206. The minimum atomic E-state index is -0.509. The number of ether oxygens (including phenoxy) is 1. The Bertz CT molecular complexity index is 1000. The summed E-state index contributed by atoms with van der Waals surface area (Å²) >= 11 is 0. The van der Waals surface area contributed by atoms with E-state index in [9.17, 15) is 14.4 Å². The molecule has 0 aliphatic heterocycles. The van der Waals surface area contributed by atoms with Crippen molar-refractivity contribution in [1.82, 2.24) is 10.6 Å². The van der Waals surface area contributed by atoms with E-state index in [1.165, 1.54) is 0 Å². The maximum absolute atomic E-state index is 13.0. The van der Waals surface area contributed by atoms with Gasteiger partial charge >= 0.3 is 6.09 Å².